The zero-order chi connectivity index (χ0) is 33.6. The molecule has 4 rings (SSSR count). The summed E-state index contributed by atoms with van der Waals surface area (Å²) in [5, 5.41) is 3.46. The number of aliphatic imine (C=N–C) groups is 2. The number of aryl methyl sites for hydroxylation is 1. The Labute approximate surface area is 283 Å². The normalized spacial score (nSPS) is 15.1. The summed E-state index contributed by atoms with van der Waals surface area (Å²) in [6, 6.07) is 11.1. The second-order valence-electron chi connectivity index (χ2n) is 10.7. The second-order valence-corrected chi connectivity index (χ2v) is 11.5. The molecule has 2 aliphatic heterocycles. The number of carbonyl (C=O) groups excluding carboxylic acids is 3. The van der Waals surface area contributed by atoms with Gasteiger partial charge in [0.25, 0.3) is 5.91 Å². The highest BCUT2D eigenvalue weighted by Gasteiger charge is 2.33. The number of rotatable bonds is 15. The molecule has 1 N–H and O–H groups in total. The van der Waals surface area contributed by atoms with Crippen LogP contribution < -0.4 is 14.8 Å². The summed E-state index contributed by atoms with van der Waals surface area (Å²) in [6.45, 7) is 7.58. The van der Waals surface area contributed by atoms with Gasteiger partial charge in [-0.15, -0.1) is 0 Å². The summed E-state index contributed by atoms with van der Waals surface area (Å²) < 4.78 is 21.4. The lowest BCUT2D eigenvalue weighted by molar-refractivity contribution is 0.0817. The van der Waals surface area contributed by atoms with Crippen molar-refractivity contribution in [3.63, 3.8) is 0 Å². The van der Waals surface area contributed by atoms with Crippen molar-refractivity contribution >= 4 is 57.3 Å². The Kier molecular flexibility index (Phi) is 13.3. The lowest BCUT2D eigenvalue weighted by Gasteiger charge is -2.19. The number of amidine groups is 1. The van der Waals surface area contributed by atoms with Gasteiger partial charge in [-0.3, -0.25) is 15.1 Å². The zero-order valence-corrected chi connectivity index (χ0v) is 28.0. The Morgan fingerprint density at radius 3 is 2.57 bits per heavy atom. The fourth-order valence-corrected chi connectivity index (χ4v) is 5.38. The topological polar surface area (TPSA) is 128 Å². The van der Waals surface area contributed by atoms with Crippen LogP contribution in [0, 0.1) is 0 Å². The van der Waals surface area contributed by atoms with E-state index in [9.17, 15) is 14.4 Å². The summed E-state index contributed by atoms with van der Waals surface area (Å²) in [5.74, 6) is 1.02. The van der Waals surface area contributed by atoms with Crippen LogP contribution in [0.3, 0.4) is 0 Å². The molecule has 0 saturated heterocycles. The minimum Gasteiger partial charge on any atom is -0.493 e. The van der Waals surface area contributed by atoms with Crippen LogP contribution in [0.4, 0.5) is 15.3 Å². The van der Waals surface area contributed by atoms with E-state index in [0.29, 0.717) is 42.2 Å². The second kappa shape index (κ2) is 17.8. The summed E-state index contributed by atoms with van der Waals surface area (Å²) in [6.07, 6.45) is 9.35. The first-order valence-electron chi connectivity index (χ1n) is 15.3. The number of alkyl carbamates (subject to hydrolysis) is 1. The van der Waals surface area contributed by atoms with Crippen LogP contribution in [0.1, 0.15) is 53.6 Å². The highest BCUT2D eigenvalue weighted by molar-refractivity contribution is 9.09. The van der Waals surface area contributed by atoms with E-state index in [0.717, 1.165) is 41.3 Å². The third-order valence-corrected chi connectivity index (χ3v) is 7.91. The van der Waals surface area contributed by atoms with Crippen LogP contribution in [-0.2, 0) is 15.9 Å². The third kappa shape index (κ3) is 9.89. The molecule has 1 atom stereocenters. The van der Waals surface area contributed by atoms with Gasteiger partial charge >= 0.3 is 12.2 Å². The van der Waals surface area contributed by atoms with Crippen molar-refractivity contribution in [2.24, 2.45) is 9.98 Å². The number of hydrogen-bond donors (Lipinski definition) is 1. The zero-order valence-electron chi connectivity index (χ0n) is 26.4. The minimum absolute atomic E-state index is 0.00168. The number of carbonyl (C=O) groups is 3. The van der Waals surface area contributed by atoms with Crippen LogP contribution >= 0.6 is 15.9 Å². The molecule has 3 amide bonds. The van der Waals surface area contributed by atoms with Gasteiger partial charge in [0.1, 0.15) is 19.0 Å². The standard InChI is InChI=1S/C35H39BrN4O7/c1-4-16-46-34(42)38-32(39-35(43)47-17-5-2)14-11-24-9-12-25(13-10-24)26-19-27-22-37-29-21-31(45-18-8-6-7-15-36)30(44-3)20-28(29)33(41)40(27)23-26/h4-5,9-10,12-13,20-23,27H,1-2,6-8,11,14-19H2,3H3,(H,38,39,42,43)/t27-/m0/s1. The van der Waals surface area contributed by atoms with Gasteiger partial charge in [0.2, 0.25) is 0 Å². The minimum atomic E-state index is -0.843. The van der Waals surface area contributed by atoms with Gasteiger partial charge in [0.05, 0.1) is 31.0 Å². The van der Waals surface area contributed by atoms with Crippen molar-refractivity contribution in [2.45, 2.75) is 44.6 Å². The average Bonchev–Trinajstić information content (AvgIpc) is 3.47. The lowest BCUT2D eigenvalue weighted by Crippen LogP contribution is -2.32. The van der Waals surface area contributed by atoms with Crippen LogP contribution in [0.25, 0.3) is 5.57 Å². The van der Waals surface area contributed by atoms with Crippen LogP contribution in [0.5, 0.6) is 11.5 Å². The molecule has 0 saturated carbocycles. The smallest absolute Gasteiger partial charge is 0.435 e. The van der Waals surface area contributed by atoms with E-state index in [1.54, 1.807) is 24.1 Å². The van der Waals surface area contributed by atoms with Gasteiger partial charge in [-0.25, -0.2) is 9.59 Å². The maximum atomic E-state index is 13.7. The molecule has 0 spiro atoms. The fraction of sp³-hybridized carbons (Fsp3) is 0.343. The first kappa shape index (κ1) is 35.1. The number of nitrogens with zero attached hydrogens (tertiary/aromatic N) is 3. The molecule has 2 aromatic rings. The van der Waals surface area contributed by atoms with Crippen LogP contribution in [0.15, 0.2) is 77.9 Å². The molecule has 0 aromatic heterocycles. The monoisotopic (exact) mass is 706 g/mol. The van der Waals surface area contributed by atoms with Gasteiger partial charge in [-0.2, -0.15) is 4.99 Å². The number of amides is 3. The molecular weight excluding hydrogens is 668 g/mol. The number of hydrogen-bond acceptors (Lipinski definition) is 8. The number of alkyl halides is 1. The van der Waals surface area contributed by atoms with E-state index < -0.39 is 12.2 Å². The average molecular weight is 708 g/mol. The summed E-state index contributed by atoms with van der Waals surface area (Å²) in [4.78, 5) is 48.0. The first-order valence-corrected chi connectivity index (χ1v) is 16.5. The highest BCUT2D eigenvalue weighted by Crippen LogP contribution is 2.39. The summed E-state index contributed by atoms with van der Waals surface area (Å²) in [7, 11) is 1.56. The van der Waals surface area contributed by atoms with E-state index in [4.69, 9.17) is 18.9 Å². The van der Waals surface area contributed by atoms with Crippen molar-refractivity contribution in [3.05, 3.63) is 84.6 Å². The molecule has 0 unspecified atom stereocenters. The molecule has 0 fully saturated rings. The predicted octanol–water partition coefficient (Wildman–Crippen LogP) is 7.18. The number of methoxy groups -OCH3 is 1. The van der Waals surface area contributed by atoms with Gasteiger partial charge in [0.15, 0.2) is 11.5 Å². The summed E-state index contributed by atoms with van der Waals surface area (Å²) >= 11 is 3.45. The third-order valence-electron chi connectivity index (χ3n) is 7.35. The quantitative estimate of drug-likeness (QED) is 0.0683. The van der Waals surface area contributed by atoms with Crippen LogP contribution in [0.2, 0.25) is 0 Å². The largest absolute Gasteiger partial charge is 0.493 e. The number of halogens is 1. The van der Waals surface area contributed by atoms with Crippen molar-refractivity contribution < 1.29 is 33.3 Å². The Bertz CT molecular complexity index is 1550. The Balaban J connectivity index is 1.43. The Morgan fingerprint density at radius 2 is 1.85 bits per heavy atom. The molecule has 0 radical (unpaired) electrons. The number of ether oxygens (including phenoxy) is 4. The van der Waals surface area contributed by atoms with Crippen molar-refractivity contribution in [1.29, 1.82) is 0 Å². The molecule has 0 aliphatic carbocycles. The van der Waals surface area contributed by atoms with Crippen molar-refractivity contribution in [3.8, 4) is 11.5 Å². The molecule has 12 heteroatoms. The molecule has 248 valence electrons. The molecule has 2 aromatic carbocycles. The van der Waals surface area contributed by atoms with Gasteiger partial charge in [-0.1, -0.05) is 65.5 Å². The van der Waals surface area contributed by atoms with Crippen LogP contribution in [-0.4, -0.2) is 73.3 Å². The SMILES string of the molecule is C=CCOC(=O)N=C(CCc1ccc(C2=CN3C(=O)c4cc(OC)c(OCCCCCBr)cc4N=C[C@@H]3C2)cc1)NC(=O)OCC=C. The first-order chi connectivity index (χ1) is 22.9. The fourth-order valence-electron chi connectivity index (χ4n) is 4.98. The van der Waals surface area contributed by atoms with E-state index in [-0.39, 0.29) is 37.4 Å². The Hall–Kier alpha value is -4.71. The van der Waals surface area contributed by atoms with E-state index >= 15 is 0 Å². The van der Waals surface area contributed by atoms with Crippen molar-refractivity contribution in [2.75, 3.05) is 32.3 Å². The lowest BCUT2D eigenvalue weighted by atomic mass is 10.00. The molecule has 0 bridgehead atoms. The van der Waals surface area contributed by atoms with E-state index in [1.165, 1.54) is 12.2 Å². The number of benzene rings is 2. The van der Waals surface area contributed by atoms with Gasteiger partial charge < -0.3 is 23.8 Å². The maximum Gasteiger partial charge on any atom is 0.435 e. The maximum absolute atomic E-state index is 13.7. The van der Waals surface area contributed by atoms with E-state index in [2.05, 4.69) is 44.4 Å². The number of nitrogens with one attached hydrogen (secondary N) is 1. The number of unbranched alkanes of at least 4 members (excludes halogenated alkanes) is 2. The van der Waals surface area contributed by atoms with Gasteiger partial charge in [0, 0.05) is 36.7 Å². The molecular formula is C35H39BrN4O7. The number of fused-ring (bicyclic) bond motifs is 2. The molecule has 2 heterocycles. The molecule has 11 nitrogen and oxygen atoms in total. The van der Waals surface area contributed by atoms with Crippen molar-refractivity contribution in [1.82, 2.24) is 10.2 Å². The highest BCUT2D eigenvalue weighted by atomic mass is 79.9. The predicted molar refractivity (Wildman–Crippen MR) is 185 cm³/mol. The Morgan fingerprint density at radius 1 is 1.09 bits per heavy atom. The summed E-state index contributed by atoms with van der Waals surface area (Å²) in [5.41, 5.74) is 3.93. The van der Waals surface area contributed by atoms with Gasteiger partial charge in [-0.05, 0) is 48.4 Å². The molecule has 2 aliphatic rings. The van der Waals surface area contributed by atoms with E-state index in [1.807, 2.05) is 36.7 Å². The molecule has 47 heavy (non-hydrogen) atoms.